The topological polar surface area (TPSA) is 54.8 Å². The number of nitrogens with one attached hydrogen (secondary N) is 2. The Morgan fingerprint density at radius 1 is 1.26 bits per heavy atom. The normalized spacial score (nSPS) is 10.6. The van der Waals surface area contributed by atoms with Gasteiger partial charge in [-0.15, -0.1) is 0 Å². The molecule has 0 saturated carbocycles. The average molecular weight is 300 g/mol. The molecule has 0 atom stereocenters. The van der Waals surface area contributed by atoms with Gasteiger partial charge in [0.1, 0.15) is 5.82 Å². The fraction of sp³-hybridized carbons (Fsp3) is 0.333. The number of rotatable bonds is 4. The van der Waals surface area contributed by atoms with Crippen molar-refractivity contribution in [1.29, 1.82) is 0 Å². The summed E-state index contributed by atoms with van der Waals surface area (Å²) in [6, 6.07) is 1.67. The van der Waals surface area contributed by atoms with E-state index in [4.69, 9.17) is 23.2 Å². The van der Waals surface area contributed by atoms with Gasteiger partial charge >= 0.3 is 0 Å². The maximum absolute atomic E-state index is 6.15. The Labute approximate surface area is 121 Å². The van der Waals surface area contributed by atoms with E-state index >= 15 is 0 Å². The van der Waals surface area contributed by atoms with Crippen molar-refractivity contribution in [2.45, 2.75) is 13.8 Å². The van der Waals surface area contributed by atoms with E-state index in [0.29, 0.717) is 21.7 Å². The van der Waals surface area contributed by atoms with E-state index in [1.165, 1.54) is 0 Å². The van der Waals surface area contributed by atoms with Crippen LogP contribution in [0.25, 0.3) is 0 Å². The van der Waals surface area contributed by atoms with E-state index in [1.807, 2.05) is 27.1 Å². The van der Waals surface area contributed by atoms with Crippen molar-refractivity contribution in [3.63, 3.8) is 0 Å². The molecule has 102 valence electrons. The highest BCUT2D eigenvalue weighted by molar-refractivity contribution is 6.37. The van der Waals surface area contributed by atoms with Gasteiger partial charge in [0.2, 0.25) is 0 Å². The third kappa shape index (κ3) is 3.11. The van der Waals surface area contributed by atoms with Crippen molar-refractivity contribution in [3.05, 3.63) is 28.0 Å². The minimum absolute atomic E-state index is 0.468. The summed E-state index contributed by atoms with van der Waals surface area (Å²) in [4.78, 5) is 4.38. The molecule has 0 amide bonds. The molecule has 2 rings (SSSR count). The van der Waals surface area contributed by atoms with Crippen LogP contribution in [-0.4, -0.2) is 21.3 Å². The molecule has 5 nitrogen and oxygen atoms in total. The van der Waals surface area contributed by atoms with Crippen LogP contribution < -0.4 is 10.6 Å². The lowest BCUT2D eigenvalue weighted by Gasteiger charge is -2.11. The molecule has 2 aromatic rings. The number of hydrogen-bond donors (Lipinski definition) is 2. The number of halogens is 2. The second-order valence-electron chi connectivity index (χ2n) is 4.11. The van der Waals surface area contributed by atoms with Gasteiger partial charge in [-0.3, -0.25) is 4.68 Å². The lowest BCUT2D eigenvalue weighted by molar-refractivity contribution is 0.756. The Hall–Kier alpha value is -1.46. The van der Waals surface area contributed by atoms with Gasteiger partial charge in [-0.1, -0.05) is 23.2 Å². The van der Waals surface area contributed by atoms with Crippen molar-refractivity contribution < 1.29 is 0 Å². The first-order valence-electron chi connectivity index (χ1n) is 5.88. The molecule has 19 heavy (non-hydrogen) atoms. The minimum atomic E-state index is 0.468. The number of nitrogens with zero attached hydrogens (tertiary/aromatic N) is 3. The van der Waals surface area contributed by atoms with Crippen LogP contribution in [0.5, 0.6) is 0 Å². The number of pyridine rings is 1. The largest absolute Gasteiger partial charge is 0.369 e. The Morgan fingerprint density at radius 3 is 2.53 bits per heavy atom. The highest BCUT2D eigenvalue weighted by Gasteiger charge is 2.11. The van der Waals surface area contributed by atoms with Gasteiger partial charge in [0, 0.05) is 19.8 Å². The first-order chi connectivity index (χ1) is 9.01. The summed E-state index contributed by atoms with van der Waals surface area (Å²) in [6.45, 7) is 4.63. The lowest BCUT2D eigenvalue weighted by atomic mass is 10.3. The highest BCUT2D eigenvalue weighted by atomic mass is 35.5. The predicted octanol–water partition coefficient (Wildman–Crippen LogP) is 3.61. The van der Waals surface area contributed by atoms with Gasteiger partial charge in [-0.05, 0) is 19.9 Å². The zero-order valence-electron chi connectivity index (χ0n) is 11.0. The smallest absolute Gasteiger partial charge is 0.151 e. The average Bonchev–Trinajstić information content (AvgIpc) is 2.64. The number of aromatic nitrogens is 3. The van der Waals surface area contributed by atoms with Crippen LogP contribution in [0, 0.1) is 6.92 Å². The highest BCUT2D eigenvalue weighted by Crippen LogP contribution is 2.31. The molecular formula is C12H15Cl2N5. The number of aryl methyl sites for hydroxylation is 2. The van der Waals surface area contributed by atoms with E-state index in [0.717, 1.165) is 17.9 Å². The molecule has 2 heterocycles. The summed E-state index contributed by atoms with van der Waals surface area (Å²) in [5.74, 6) is 1.16. The fourth-order valence-electron chi connectivity index (χ4n) is 1.70. The van der Waals surface area contributed by atoms with E-state index < -0.39 is 0 Å². The third-order valence-corrected chi connectivity index (χ3v) is 3.12. The van der Waals surface area contributed by atoms with E-state index in [-0.39, 0.29) is 0 Å². The Bertz CT molecular complexity index is 594. The summed E-state index contributed by atoms with van der Waals surface area (Å²) in [6.07, 6.45) is 1.87. The zero-order valence-corrected chi connectivity index (χ0v) is 12.5. The summed E-state index contributed by atoms with van der Waals surface area (Å²) in [5, 5.41) is 11.5. The predicted molar refractivity (Wildman–Crippen MR) is 79.6 cm³/mol. The molecular weight excluding hydrogens is 285 g/mol. The summed E-state index contributed by atoms with van der Waals surface area (Å²) in [7, 11) is 1.86. The van der Waals surface area contributed by atoms with Gasteiger partial charge in [0.15, 0.2) is 5.82 Å². The van der Waals surface area contributed by atoms with Crippen molar-refractivity contribution in [3.8, 4) is 0 Å². The molecule has 0 aromatic carbocycles. The van der Waals surface area contributed by atoms with Crippen LogP contribution in [0.4, 0.5) is 17.3 Å². The molecule has 7 heteroatoms. The molecule has 2 aromatic heterocycles. The third-order valence-electron chi connectivity index (χ3n) is 2.54. The molecule has 0 saturated heterocycles. The maximum atomic E-state index is 6.15. The standard InChI is InChI=1S/C12H15Cl2N5/c1-4-15-11-8(13)5-9(14)12(17-11)16-10-6-19(3)18-7(10)2/h5-6H,4H2,1-3H3,(H2,15,16,17). The minimum Gasteiger partial charge on any atom is -0.369 e. The molecule has 0 spiro atoms. The molecule has 0 bridgehead atoms. The quantitative estimate of drug-likeness (QED) is 0.905. The number of anilines is 3. The Morgan fingerprint density at radius 2 is 1.95 bits per heavy atom. The van der Waals surface area contributed by atoms with Crippen LogP contribution >= 0.6 is 23.2 Å². The van der Waals surface area contributed by atoms with E-state index in [9.17, 15) is 0 Å². The van der Waals surface area contributed by atoms with Crippen LogP contribution in [-0.2, 0) is 7.05 Å². The molecule has 2 N–H and O–H groups in total. The molecule has 0 radical (unpaired) electrons. The molecule has 0 aliphatic carbocycles. The second kappa shape index (κ2) is 5.67. The zero-order chi connectivity index (χ0) is 14.0. The SMILES string of the molecule is CCNc1nc(Nc2cn(C)nc2C)c(Cl)cc1Cl. The van der Waals surface area contributed by atoms with Crippen LogP contribution in [0.1, 0.15) is 12.6 Å². The van der Waals surface area contributed by atoms with Gasteiger partial charge in [0.25, 0.3) is 0 Å². The Kier molecular flexibility index (Phi) is 4.17. The second-order valence-corrected chi connectivity index (χ2v) is 4.92. The summed E-state index contributed by atoms with van der Waals surface area (Å²) in [5.41, 5.74) is 1.74. The lowest BCUT2D eigenvalue weighted by Crippen LogP contribution is -2.03. The molecule has 0 unspecified atom stereocenters. The fourth-order valence-corrected chi connectivity index (χ4v) is 2.17. The molecule has 0 fully saturated rings. The number of hydrogen-bond acceptors (Lipinski definition) is 4. The van der Waals surface area contributed by atoms with Crippen molar-refractivity contribution in [1.82, 2.24) is 14.8 Å². The van der Waals surface area contributed by atoms with Gasteiger partial charge < -0.3 is 10.6 Å². The van der Waals surface area contributed by atoms with Gasteiger partial charge in [-0.2, -0.15) is 5.10 Å². The first-order valence-corrected chi connectivity index (χ1v) is 6.64. The Balaban J connectivity index is 2.34. The van der Waals surface area contributed by atoms with Crippen LogP contribution in [0.15, 0.2) is 12.3 Å². The van der Waals surface area contributed by atoms with Crippen molar-refractivity contribution in [2.75, 3.05) is 17.2 Å². The van der Waals surface area contributed by atoms with Gasteiger partial charge in [-0.25, -0.2) is 4.98 Å². The molecule has 0 aliphatic heterocycles. The monoisotopic (exact) mass is 299 g/mol. The first kappa shape index (κ1) is 14.0. The van der Waals surface area contributed by atoms with E-state index in [1.54, 1.807) is 10.7 Å². The summed E-state index contributed by atoms with van der Waals surface area (Å²) < 4.78 is 1.73. The van der Waals surface area contributed by atoms with Gasteiger partial charge in [0.05, 0.1) is 21.4 Å². The van der Waals surface area contributed by atoms with Crippen LogP contribution in [0.2, 0.25) is 10.0 Å². The maximum Gasteiger partial charge on any atom is 0.151 e. The van der Waals surface area contributed by atoms with E-state index in [2.05, 4.69) is 20.7 Å². The van der Waals surface area contributed by atoms with Crippen LogP contribution in [0.3, 0.4) is 0 Å². The summed E-state index contributed by atoms with van der Waals surface area (Å²) >= 11 is 12.2. The van der Waals surface area contributed by atoms with Crippen molar-refractivity contribution in [2.24, 2.45) is 7.05 Å². The molecule has 0 aliphatic rings. The van der Waals surface area contributed by atoms with Crippen molar-refractivity contribution >= 4 is 40.5 Å².